The molecule has 1 N–H and O–H groups in total. The van der Waals surface area contributed by atoms with Gasteiger partial charge in [-0.2, -0.15) is 0 Å². The van der Waals surface area contributed by atoms with Gasteiger partial charge in [-0.25, -0.2) is 0 Å². The van der Waals surface area contributed by atoms with Gasteiger partial charge in [0.15, 0.2) is 0 Å². The molecule has 3 nitrogen and oxygen atoms in total. The maximum atomic E-state index is 5.61. The summed E-state index contributed by atoms with van der Waals surface area (Å²) in [6.07, 6.45) is 2.62. The van der Waals surface area contributed by atoms with Gasteiger partial charge in [0.2, 0.25) is 0 Å². The number of likely N-dealkylation sites (N-methyl/N-ethyl adjacent to an activating group) is 1. The van der Waals surface area contributed by atoms with Crippen molar-refractivity contribution in [1.29, 1.82) is 0 Å². The van der Waals surface area contributed by atoms with Crippen LogP contribution in [-0.4, -0.2) is 44.3 Å². The molecule has 0 saturated heterocycles. The maximum absolute atomic E-state index is 5.61. The molecule has 0 heterocycles. The van der Waals surface area contributed by atoms with Crippen LogP contribution in [-0.2, 0) is 4.74 Å². The monoisotopic (exact) mass is 292 g/mol. The summed E-state index contributed by atoms with van der Waals surface area (Å²) in [5, 5.41) is 3.66. The summed E-state index contributed by atoms with van der Waals surface area (Å²) in [6, 6.07) is 11.2. The highest BCUT2D eigenvalue weighted by Crippen LogP contribution is 2.16. The van der Waals surface area contributed by atoms with Gasteiger partial charge in [-0.15, -0.1) is 0 Å². The van der Waals surface area contributed by atoms with E-state index in [1.807, 2.05) is 0 Å². The van der Waals surface area contributed by atoms with Crippen LogP contribution in [0.1, 0.15) is 45.2 Å². The molecule has 0 aliphatic heterocycles. The van der Waals surface area contributed by atoms with E-state index in [1.54, 1.807) is 0 Å². The fraction of sp³-hybridized carbons (Fsp3) is 0.667. The van der Waals surface area contributed by atoms with Crippen molar-refractivity contribution >= 4 is 0 Å². The van der Waals surface area contributed by atoms with E-state index in [9.17, 15) is 0 Å². The van der Waals surface area contributed by atoms with Crippen molar-refractivity contribution < 1.29 is 4.74 Å². The van der Waals surface area contributed by atoms with Crippen LogP contribution >= 0.6 is 0 Å². The van der Waals surface area contributed by atoms with E-state index in [0.717, 1.165) is 32.7 Å². The summed E-state index contributed by atoms with van der Waals surface area (Å²) in [6.45, 7) is 10.3. The second-order valence-corrected chi connectivity index (χ2v) is 5.93. The predicted octanol–water partition coefficient (Wildman–Crippen LogP) is 3.47. The Balaban J connectivity index is 2.39. The first-order valence-electron chi connectivity index (χ1n) is 8.22. The Morgan fingerprint density at radius 3 is 2.48 bits per heavy atom. The number of hydrogen-bond acceptors (Lipinski definition) is 3. The minimum atomic E-state index is 0.321. The van der Waals surface area contributed by atoms with Gasteiger partial charge in [-0.1, -0.05) is 37.3 Å². The number of benzene rings is 1. The number of nitrogens with one attached hydrogen (secondary N) is 1. The molecular weight excluding hydrogens is 260 g/mol. The largest absolute Gasteiger partial charge is 0.377 e. The molecular formula is C18H32N2O. The molecule has 0 fully saturated rings. The Kier molecular flexibility index (Phi) is 9.31. The fourth-order valence-corrected chi connectivity index (χ4v) is 2.30. The van der Waals surface area contributed by atoms with Crippen LogP contribution in [0.2, 0.25) is 0 Å². The Morgan fingerprint density at radius 1 is 1.14 bits per heavy atom. The first-order valence-corrected chi connectivity index (χ1v) is 8.22. The highest BCUT2D eigenvalue weighted by molar-refractivity contribution is 5.18. The van der Waals surface area contributed by atoms with Crippen LogP contribution in [0.4, 0.5) is 0 Å². The molecule has 21 heavy (non-hydrogen) atoms. The summed E-state index contributed by atoms with van der Waals surface area (Å²) in [7, 11) is 2.17. The first kappa shape index (κ1) is 18.1. The van der Waals surface area contributed by atoms with E-state index in [2.05, 4.69) is 68.4 Å². The van der Waals surface area contributed by atoms with Gasteiger partial charge in [-0.3, -0.25) is 0 Å². The van der Waals surface area contributed by atoms with Crippen molar-refractivity contribution in [3.8, 4) is 0 Å². The standard InChI is InChI=1S/C18H32N2O/c1-5-12-19-18(17-9-7-6-8-10-17)11-13-20(4)14-15-21-16(2)3/h6-10,16,18-19H,5,11-15H2,1-4H3. The minimum absolute atomic E-state index is 0.321. The van der Waals surface area contributed by atoms with Gasteiger partial charge in [-0.05, 0) is 52.4 Å². The van der Waals surface area contributed by atoms with E-state index in [4.69, 9.17) is 4.74 Å². The maximum Gasteiger partial charge on any atom is 0.0596 e. The van der Waals surface area contributed by atoms with Crippen LogP contribution < -0.4 is 5.32 Å². The summed E-state index contributed by atoms with van der Waals surface area (Å²) >= 11 is 0. The Labute approximate surface area is 130 Å². The van der Waals surface area contributed by atoms with Crippen LogP contribution in [0.3, 0.4) is 0 Å². The van der Waals surface area contributed by atoms with Crippen molar-refractivity contribution in [2.24, 2.45) is 0 Å². The summed E-state index contributed by atoms with van der Waals surface area (Å²) in [4.78, 5) is 2.35. The van der Waals surface area contributed by atoms with E-state index >= 15 is 0 Å². The molecule has 1 rings (SSSR count). The molecule has 0 aliphatic carbocycles. The highest BCUT2D eigenvalue weighted by atomic mass is 16.5. The Hall–Kier alpha value is -0.900. The summed E-state index contributed by atoms with van der Waals surface area (Å²) < 4.78 is 5.61. The molecule has 0 saturated carbocycles. The third-order valence-corrected chi connectivity index (χ3v) is 3.57. The van der Waals surface area contributed by atoms with Gasteiger partial charge in [0.1, 0.15) is 0 Å². The minimum Gasteiger partial charge on any atom is -0.377 e. The lowest BCUT2D eigenvalue weighted by Crippen LogP contribution is -2.30. The SMILES string of the molecule is CCCNC(CCN(C)CCOC(C)C)c1ccccc1. The molecule has 120 valence electrons. The smallest absolute Gasteiger partial charge is 0.0596 e. The van der Waals surface area contributed by atoms with Crippen LogP contribution in [0.5, 0.6) is 0 Å². The highest BCUT2D eigenvalue weighted by Gasteiger charge is 2.11. The molecule has 0 amide bonds. The quantitative estimate of drug-likeness (QED) is 0.676. The molecule has 1 atom stereocenters. The number of hydrogen-bond donors (Lipinski definition) is 1. The second-order valence-electron chi connectivity index (χ2n) is 5.93. The molecule has 1 aromatic rings. The summed E-state index contributed by atoms with van der Waals surface area (Å²) in [5.41, 5.74) is 1.39. The van der Waals surface area contributed by atoms with Crippen molar-refractivity contribution in [3.63, 3.8) is 0 Å². The molecule has 0 aromatic heterocycles. The second kappa shape index (κ2) is 10.8. The normalized spacial score (nSPS) is 13.0. The van der Waals surface area contributed by atoms with Crippen molar-refractivity contribution in [2.45, 2.75) is 45.8 Å². The summed E-state index contributed by atoms with van der Waals surface area (Å²) in [5.74, 6) is 0. The van der Waals surface area contributed by atoms with Crippen LogP contribution in [0.15, 0.2) is 30.3 Å². The van der Waals surface area contributed by atoms with Crippen LogP contribution in [0, 0.1) is 0 Å². The average Bonchev–Trinajstić information content (AvgIpc) is 2.48. The van der Waals surface area contributed by atoms with Gasteiger partial charge >= 0.3 is 0 Å². The van der Waals surface area contributed by atoms with Crippen molar-refractivity contribution in [3.05, 3.63) is 35.9 Å². The van der Waals surface area contributed by atoms with Gasteiger partial charge < -0.3 is 15.0 Å². The lowest BCUT2D eigenvalue weighted by atomic mass is 10.0. The molecule has 0 radical (unpaired) electrons. The van der Waals surface area contributed by atoms with Crippen molar-refractivity contribution in [2.75, 3.05) is 33.3 Å². The van der Waals surface area contributed by atoms with E-state index in [-0.39, 0.29) is 0 Å². The molecule has 1 unspecified atom stereocenters. The fourth-order valence-electron chi connectivity index (χ4n) is 2.30. The third-order valence-electron chi connectivity index (χ3n) is 3.57. The lowest BCUT2D eigenvalue weighted by Gasteiger charge is -2.23. The average molecular weight is 292 g/mol. The van der Waals surface area contributed by atoms with E-state index in [0.29, 0.717) is 12.1 Å². The van der Waals surface area contributed by atoms with Crippen molar-refractivity contribution in [1.82, 2.24) is 10.2 Å². The zero-order valence-corrected chi connectivity index (χ0v) is 14.1. The topological polar surface area (TPSA) is 24.5 Å². The van der Waals surface area contributed by atoms with E-state index < -0.39 is 0 Å². The third kappa shape index (κ3) is 8.20. The molecule has 0 spiro atoms. The number of ether oxygens (including phenoxy) is 1. The molecule has 1 aromatic carbocycles. The van der Waals surface area contributed by atoms with E-state index in [1.165, 1.54) is 12.0 Å². The number of rotatable bonds is 11. The van der Waals surface area contributed by atoms with Gasteiger partial charge in [0, 0.05) is 12.6 Å². The van der Waals surface area contributed by atoms with Gasteiger partial charge in [0.05, 0.1) is 12.7 Å². The van der Waals surface area contributed by atoms with Crippen LogP contribution in [0.25, 0.3) is 0 Å². The molecule has 0 bridgehead atoms. The zero-order chi connectivity index (χ0) is 15.5. The predicted molar refractivity (Wildman–Crippen MR) is 90.7 cm³/mol. The Morgan fingerprint density at radius 2 is 1.86 bits per heavy atom. The lowest BCUT2D eigenvalue weighted by molar-refractivity contribution is 0.0632. The zero-order valence-electron chi connectivity index (χ0n) is 14.1. The molecule has 0 aliphatic rings. The number of nitrogens with zero attached hydrogens (tertiary/aromatic N) is 1. The first-order chi connectivity index (χ1) is 10.1. The van der Waals surface area contributed by atoms with Gasteiger partial charge in [0.25, 0.3) is 0 Å². The molecule has 3 heteroatoms. The Bertz CT molecular complexity index is 353.